The van der Waals surface area contributed by atoms with Gasteiger partial charge < -0.3 is 9.47 Å². The molecule has 0 N–H and O–H groups in total. The second-order valence-electron chi connectivity index (χ2n) is 14.1. The Morgan fingerprint density at radius 1 is 0.674 bits per heavy atom. The van der Waals surface area contributed by atoms with Crippen LogP contribution >= 0.6 is 23.5 Å². The van der Waals surface area contributed by atoms with Gasteiger partial charge in [-0.25, -0.2) is 0 Å². The van der Waals surface area contributed by atoms with Crippen molar-refractivity contribution in [2.75, 3.05) is 25.7 Å². The average molecular weight is 677 g/mol. The summed E-state index contributed by atoms with van der Waals surface area (Å²) < 4.78 is 9.47. The van der Waals surface area contributed by atoms with Gasteiger partial charge >= 0.3 is 11.9 Å². The van der Waals surface area contributed by atoms with Crippen LogP contribution in [0.3, 0.4) is 0 Å². The zero-order valence-corrected chi connectivity index (χ0v) is 30.3. The standard InChI is InChI=1S/2C19H30O3S/c1-3-4-9-16(20)15-8-7-13-19(11-5-6-12-19)18(15)23-14-10-17(21)22-2;1-3-4-7-16(20)15-14-19(10-5-6-11-19)12-8-17(15)23-13-9-18(21)22-2/h3,15,18H,1,4-14H2,2H3;3,15,17H,1,4-14H2,2H3. The lowest BCUT2D eigenvalue weighted by atomic mass is 9.66. The van der Waals surface area contributed by atoms with Gasteiger partial charge in [-0.1, -0.05) is 44.3 Å². The Morgan fingerprint density at radius 3 is 1.76 bits per heavy atom. The summed E-state index contributed by atoms with van der Waals surface area (Å²) in [4.78, 5) is 48.1. The van der Waals surface area contributed by atoms with E-state index < -0.39 is 0 Å². The number of hydrogen-bond acceptors (Lipinski definition) is 8. The predicted octanol–water partition coefficient (Wildman–Crippen LogP) is 9.09. The molecule has 0 saturated heterocycles. The first-order valence-corrected chi connectivity index (χ1v) is 20.0. The van der Waals surface area contributed by atoms with Crippen LogP contribution in [0, 0.1) is 22.7 Å². The number of esters is 2. The molecule has 0 aromatic heterocycles. The molecule has 4 aliphatic carbocycles. The minimum Gasteiger partial charge on any atom is -0.469 e. The van der Waals surface area contributed by atoms with Gasteiger partial charge in [-0.2, -0.15) is 23.5 Å². The van der Waals surface area contributed by atoms with E-state index in [0.29, 0.717) is 58.6 Å². The molecule has 46 heavy (non-hydrogen) atoms. The molecule has 4 saturated carbocycles. The Balaban J connectivity index is 0.000000250. The van der Waals surface area contributed by atoms with Crippen LogP contribution in [-0.4, -0.2) is 59.7 Å². The van der Waals surface area contributed by atoms with Crippen molar-refractivity contribution < 1.29 is 28.7 Å². The fourth-order valence-electron chi connectivity index (χ4n) is 8.71. The molecule has 6 nitrogen and oxygen atoms in total. The molecule has 0 heterocycles. The summed E-state index contributed by atoms with van der Waals surface area (Å²) in [7, 11) is 2.87. The summed E-state index contributed by atoms with van der Waals surface area (Å²) in [5.41, 5.74) is 0.779. The van der Waals surface area contributed by atoms with Crippen molar-refractivity contribution in [1.82, 2.24) is 0 Å². The monoisotopic (exact) mass is 676 g/mol. The normalized spacial score (nSPS) is 26.1. The van der Waals surface area contributed by atoms with Gasteiger partial charge in [-0.3, -0.25) is 19.2 Å². The smallest absolute Gasteiger partial charge is 0.306 e. The van der Waals surface area contributed by atoms with E-state index in [-0.39, 0.29) is 23.8 Å². The Labute approximate surface area is 287 Å². The number of methoxy groups -OCH3 is 2. The number of thioether (sulfide) groups is 2. The first kappa shape index (κ1) is 38.9. The summed E-state index contributed by atoms with van der Waals surface area (Å²) in [6, 6.07) is 0. The van der Waals surface area contributed by atoms with Gasteiger partial charge in [0.1, 0.15) is 11.6 Å². The number of ether oxygens (including phenoxy) is 2. The highest BCUT2D eigenvalue weighted by Crippen LogP contribution is 2.56. The lowest BCUT2D eigenvalue weighted by Gasteiger charge is -2.45. The fraction of sp³-hybridized carbons (Fsp3) is 0.789. The van der Waals surface area contributed by atoms with E-state index in [2.05, 4.69) is 13.2 Å². The second-order valence-corrected chi connectivity index (χ2v) is 16.7. The number of carbonyl (C=O) groups excluding carboxylic acids is 4. The lowest BCUT2D eigenvalue weighted by Crippen LogP contribution is -2.43. The molecular formula is C38H60O6S2. The zero-order chi connectivity index (χ0) is 33.4. The highest BCUT2D eigenvalue weighted by atomic mass is 32.2. The van der Waals surface area contributed by atoms with Gasteiger partial charge in [-0.05, 0) is 81.5 Å². The number of allylic oxidation sites excluding steroid dienone is 2. The topological polar surface area (TPSA) is 86.7 Å². The molecule has 8 heteroatoms. The van der Waals surface area contributed by atoms with E-state index in [4.69, 9.17) is 9.47 Å². The summed E-state index contributed by atoms with van der Waals surface area (Å²) in [5, 5.41) is 0.768. The molecule has 4 rings (SSSR count). The number of hydrogen-bond donors (Lipinski definition) is 0. The molecule has 0 aromatic rings. The lowest BCUT2D eigenvalue weighted by molar-refractivity contribution is -0.141. The molecule has 0 aromatic carbocycles. The van der Waals surface area contributed by atoms with E-state index in [9.17, 15) is 19.2 Å². The molecule has 4 aliphatic rings. The molecular weight excluding hydrogens is 617 g/mol. The van der Waals surface area contributed by atoms with Crippen LogP contribution in [-0.2, 0) is 28.7 Å². The van der Waals surface area contributed by atoms with E-state index in [1.807, 2.05) is 23.9 Å². The first-order chi connectivity index (χ1) is 22.2. The van der Waals surface area contributed by atoms with E-state index >= 15 is 0 Å². The number of rotatable bonds is 16. The van der Waals surface area contributed by atoms with Crippen molar-refractivity contribution in [3.05, 3.63) is 25.3 Å². The molecule has 0 aliphatic heterocycles. The van der Waals surface area contributed by atoms with Gasteiger partial charge in [0, 0.05) is 46.7 Å². The van der Waals surface area contributed by atoms with Gasteiger partial charge in [-0.15, -0.1) is 13.2 Å². The van der Waals surface area contributed by atoms with Crippen molar-refractivity contribution in [2.24, 2.45) is 22.7 Å². The van der Waals surface area contributed by atoms with Crippen LogP contribution in [0.2, 0.25) is 0 Å². The summed E-state index contributed by atoms with van der Waals surface area (Å²) in [6.07, 6.45) is 24.6. The minimum absolute atomic E-state index is 0.150. The molecule has 4 unspecified atom stereocenters. The SMILES string of the molecule is C=CCCC(=O)C1CC2(CCCC2)CCC1SCCC(=O)OC.C=CCCC(=O)C1CCCC2(CCCC2)C1SCCC(=O)OC. The molecule has 4 fully saturated rings. The van der Waals surface area contributed by atoms with Gasteiger partial charge in [0.05, 0.1) is 27.1 Å². The third-order valence-corrected chi connectivity index (χ3v) is 14.3. The zero-order valence-electron chi connectivity index (χ0n) is 28.7. The minimum atomic E-state index is -0.157. The number of ketones is 2. The third kappa shape index (κ3) is 11.3. The molecule has 0 amide bonds. The molecule has 2 spiro atoms. The van der Waals surface area contributed by atoms with Crippen molar-refractivity contribution in [3.8, 4) is 0 Å². The highest BCUT2D eigenvalue weighted by molar-refractivity contribution is 8.00. The molecule has 260 valence electrons. The second kappa shape index (κ2) is 20.1. The Hall–Kier alpha value is -1.54. The largest absolute Gasteiger partial charge is 0.469 e. The van der Waals surface area contributed by atoms with Crippen molar-refractivity contribution >= 4 is 47.0 Å². The van der Waals surface area contributed by atoms with Crippen LogP contribution in [0.15, 0.2) is 25.3 Å². The van der Waals surface area contributed by atoms with Crippen LogP contribution in [0.5, 0.6) is 0 Å². The Morgan fingerprint density at radius 2 is 1.20 bits per heavy atom. The van der Waals surface area contributed by atoms with E-state index in [0.717, 1.165) is 43.6 Å². The maximum absolute atomic E-state index is 12.7. The molecule has 0 bridgehead atoms. The Bertz CT molecular complexity index is 991. The fourth-order valence-corrected chi connectivity index (χ4v) is 11.8. The van der Waals surface area contributed by atoms with Crippen molar-refractivity contribution in [3.63, 3.8) is 0 Å². The van der Waals surface area contributed by atoms with Crippen LogP contribution in [0.1, 0.15) is 128 Å². The maximum atomic E-state index is 12.7. The summed E-state index contributed by atoms with van der Waals surface area (Å²) in [6.45, 7) is 7.47. The van der Waals surface area contributed by atoms with E-state index in [1.165, 1.54) is 84.8 Å². The van der Waals surface area contributed by atoms with Gasteiger partial charge in [0.15, 0.2) is 0 Å². The van der Waals surface area contributed by atoms with Crippen molar-refractivity contribution in [2.45, 2.75) is 139 Å². The summed E-state index contributed by atoms with van der Waals surface area (Å²) >= 11 is 3.67. The molecule has 4 atom stereocenters. The van der Waals surface area contributed by atoms with Crippen molar-refractivity contribution in [1.29, 1.82) is 0 Å². The van der Waals surface area contributed by atoms with Gasteiger partial charge in [0.25, 0.3) is 0 Å². The third-order valence-electron chi connectivity index (χ3n) is 11.2. The van der Waals surface area contributed by atoms with Crippen LogP contribution < -0.4 is 0 Å². The predicted molar refractivity (Wildman–Crippen MR) is 191 cm³/mol. The van der Waals surface area contributed by atoms with Crippen LogP contribution in [0.4, 0.5) is 0 Å². The number of Topliss-reactive ketones (excluding diaryl/α,β-unsaturated/α-hetero) is 2. The van der Waals surface area contributed by atoms with Gasteiger partial charge in [0.2, 0.25) is 0 Å². The molecule has 0 radical (unpaired) electrons. The average Bonchev–Trinajstić information content (AvgIpc) is 3.74. The first-order valence-electron chi connectivity index (χ1n) is 17.9. The van der Waals surface area contributed by atoms with E-state index in [1.54, 1.807) is 11.8 Å². The maximum Gasteiger partial charge on any atom is 0.306 e. The highest BCUT2D eigenvalue weighted by Gasteiger charge is 2.49. The Kier molecular flexibility index (Phi) is 17.0. The summed E-state index contributed by atoms with van der Waals surface area (Å²) in [5.74, 6) is 2.38. The number of carbonyl (C=O) groups is 4. The quantitative estimate of drug-likeness (QED) is 0.118. The van der Waals surface area contributed by atoms with Crippen LogP contribution in [0.25, 0.3) is 0 Å².